The first-order valence-electron chi connectivity index (χ1n) is 6.72. The van der Waals surface area contributed by atoms with Gasteiger partial charge in [-0.15, -0.1) is 0 Å². The zero-order valence-electron chi connectivity index (χ0n) is 11.5. The highest BCUT2D eigenvalue weighted by Gasteiger charge is 2.54. The Morgan fingerprint density at radius 1 is 1.37 bits per heavy atom. The monoisotopic (exact) mass is 267 g/mol. The van der Waals surface area contributed by atoms with Crippen molar-refractivity contribution < 1.29 is 14.4 Å². The minimum absolute atomic E-state index is 0.0152. The first-order valence-corrected chi connectivity index (χ1v) is 6.72. The second kappa shape index (κ2) is 4.83. The second-order valence-corrected chi connectivity index (χ2v) is 5.93. The van der Waals surface area contributed by atoms with Crippen LogP contribution >= 0.6 is 0 Å². The quantitative estimate of drug-likeness (QED) is 0.705. The summed E-state index contributed by atoms with van der Waals surface area (Å²) in [6, 6.07) is 0. The predicted molar refractivity (Wildman–Crippen MR) is 68.9 cm³/mol. The summed E-state index contributed by atoms with van der Waals surface area (Å²) >= 11 is 0. The first kappa shape index (κ1) is 13.8. The molecule has 106 valence electrons. The smallest absolute Gasteiger partial charge is 0.237 e. The largest absolute Gasteiger partial charge is 0.368 e. The van der Waals surface area contributed by atoms with Crippen LogP contribution in [0.25, 0.3) is 0 Å². The number of hydrogen-bond donors (Lipinski definition) is 1. The standard InChI is InChI=1S/C13H21N3O3/c1-9(2)11(18)15-5-3-4-13(7-15)8-16(12(13)19)6-10(14)17/h9H,3-8H2,1-2H3,(H2,14,17). The summed E-state index contributed by atoms with van der Waals surface area (Å²) in [5.74, 6) is -0.478. The molecule has 6 heteroatoms. The van der Waals surface area contributed by atoms with Crippen molar-refractivity contribution in [2.24, 2.45) is 17.1 Å². The summed E-state index contributed by atoms with van der Waals surface area (Å²) in [6.07, 6.45) is 1.64. The number of rotatable bonds is 3. The van der Waals surface area contributed by atoms with E-state index in [0.717, 1.165) is 19.4 Å². The van der Waals surface area contributed by atoms with Crippen molar-refractivity contribution in [1.82, 2.24) is 9.80 Å². The minimum atomic E-state index is -0.492. The van der Waals surface area contributed by atoms with E-state index < -0.39 is 11.3 Å². The zero-order valence-corrected chi connectivity index (χ0v) is 11.5. The zero-order chi connectivity index (χ0) is 14.2. The van der Waals surface area contributed by atoms with Gasteiger partial charge in [0.05, 0.1) is 12.0 Å². The van der Waals surface area contributed by atoms with Crippen LogP contribution in [0.4, 0.5) is 0 Å². The van der Waals surface area contributed by atoms with Crippen LogP contribution in [0, 0.1) is 11.3 Å². The molecular formula is C13H21N3O3. The Kier molecular flexibility index (Phi) is 3.52. The molecule has 2 fully saturated rings. The van der Waals surface area contributed by atoms with Gasteiger partial charge in [0, 0.05) is 25.6 Å². The summed E-state index contributed by atoms with van der Waals surface area (Å²) in [4.78, 5) is 38.3. The highest BCUT2D eigenvalue weighted by Crippen LogP contribution is 2.40. The summed E-state index contributed by atoms with van der Waals surface area (Å²) in [7, 11) is 0. The van der Waals surface area contributed by atoms with Gasteiger partial charge in [0.25, 0.3) is 0 Å². The van der Waals surface area contributed by atoms with E-state index in [-0.39, 0.29) is 24.3 Å². The summed E-state index contributed by atoms with van der Waals surface area (Å²) in [5.41, 5.74) is 4.64. The van der Waals surface area contributed by atoms with E-state index in [1.54, 1.807) is 4.90 Å². The van der Waals surface area contributed by atoms with Crippen molar-refractivity contribution in [3.05, 3.63) is 0 Å². The Balaban J connectivity index is 2.01. The molecule has 2 N–H and O–H groups in total. The highest BCUT2D eigenvalue weighted by molar-refractivity contribution is 5.93. The SMILES string of the molecule is CC(C)C(=O)N1CCCC2(C1)CN(CC(N)=O)C2=O. The van der Waals surface area contributed by atoms with Gasteiger partial charge in [0.1, 0.15) is 0 Å². The molecule has 2 rings (SSSR count). The molecule has 2 saturated heterocycles. The Morgan fingerprint density at radius 2 is 2.05 bits per heavy atom. The average Bonchev–Trinajstić information content (AvgIpc) is 2.36. The van der Waals surface area contributed by atoms with Crippen molar-refractivity contribution in [1.29, 1.82) is 0 Å². The molecule has 0 aliphatic carbocycles. The molecule has 1 unspecified atom stereocenters. The number of carbonyl (C=O) groups is 3. The van der Waals surface area contributed by atoms with Gasteiger partial charge in [-0.3, -0.25) is 14.4 Å². The fourth-order valence-corrected chi connectivity index (χ4v) is 3.05. The maximum Gasteiger partial charge on any atom is 0.237 e. The van der Waals surface area contributed by atoms with Gasteiger partial charge < -0.3 is 15.5 Å². The second-order valence-electron chi connectivity index (χ2n) is 5.93. The molecule has 3 amide bonds. The summed E-state index contributed by atoms with van der Waals surface area (Å²) in [6.45, 7) is 5.46. The lowest BCUT2D eigenvalue weighted by molar-refractivity contribution is -0.170. The van der Waals surface area contributed by atoms with E-state index in [1.165, 1.54) is 4.90 Å². The van der Waals surface area contributed by atoms with Gasteiger partial charge in [-0.1, -0.05) is 13.8 Å². The molecule has 2 heterocycles. The lowest BCUT2D eigenvalue weighted by atomic mass is 9.72. The first-order chi connectivity index (χ1) is 8.85. The van der Waals surface area contributed by atoms with E-state index in [1.807, 2.05) is 13.8 Å². The van der Waals surface area contributed by atoms with Crippen molar-refractivity contribution in [2.75, 3.05) is 26.2 Å². The maximum absolute atomic E-state index is 12.2. The Morgan fingerprint density at radius 3 is 2.58 bits per heavy atom. The lowest BCUT2D eigenvalue weighted by Gasteiger charge is -2.53. The number of primary amides is 1. The van der Waals surface area contributed by atoms with Gasteiger partial charge in [-0.25, -0.2) is 0 Å². The topological polar surface area (TPSA) is 83.7 Å². The number of nitrogens with two attached hydrogens (primary N) is 1. The molecule has 0 aromatic carbocycles. The Hall–Kier alpha value is -1.59. The van der Waals surface area contributed by atoms with Crippen LogP contribution in [0.1, 0.15) is 26.7 Å². The number of hydrogen-bond acceptors (Lipinski definition) is 3. The normalized spacial score (nSPS) is 26.8. The molecule has 0 radical (unpaired) electrons. The van der Waals surface area contributed by atoms with E-state index in [4.69, 9.17) is 5.73 Å². The molecule has 2 aliphatic heterocycles. The van der Waals surface area contributed by atoms with Gasteiger partial charge in [0.15, 0.2) is 0 Å². The maximum atomic E-state index is 12.2. The van der Waals surface area contributed by atoms with Crippen LogP contribution in [0.3, 0.4) is 0 Å². The third-order valence-electron chi connectivity index (χ3n) is 3.96. The van der Waals surface area contributed by atoms with Crippen LogP contribution < -0.4 is 5.73 Å². The number of carbonyl (C=O) groups excluding carboxylic acids is 3. The Bertz CT molecular complexity index is 421. The number of piperidine rings is 1. The van der Waals surface area contributed by atoms with Crippen LogP contribution in [0.5, 0.6) is 0 Å². The predicted octanol–water partition coefficient (Wildman–Crippen LogP) is -0.421. The molecule has 1 atom stereocenters. The van der Waals surface area contributed by atoms with Gasteiger partial charge in [0.2, 0.25) is 17.7 Å². The third-order valence-corrected chi connectivity index (χ3v) is 3.96. The molecule has 19 heavy (non-hydrogen) atoms. The van der Waals surface area contributed by atoms with Crippen molar-refractivity contribution in [3.63, 3.8) is 0 Å². The van der Waals surface area contributed by atoms with Crippen LogP contribution in [0.2, 0.25) is 0 Å². The summed E-state index contributed by atoms with van der Waals surface area (Å²) in [5, 5.41) is 0. The third kappa shape index (κ3) is 2.43. The van der Waals surface area contributed by atoms with Gasteiger partial charge in [-0.2, -0.15) is 0 Å². The van der Waals surface area contributed by atoms with E-state index in [2.05, 4.69) is 0 Å². The van der Waals surface area contributed by atoms with E-state index >= 15 is 0 Å². The molecular weight excluding hydrogens is 246 g/mol. The number of likely N-dealkylation sites (tertiary alicyclic amines) is 2. The molecule has 6 nitrogen and oxygen atoms in total. The molecule has 1 spiro atoms. The fraction of sp³-hybridized carbons (Fsp3) is 0.769. The molecule has 0 aromatic heterocycles. The van der Waals surface area contributed by atoms with Crippen LogP contribution in [-0.2, 0) is 14.4 Å². The van der Waals surface area contributed by atoms with Crippen molar-refractivity contribution >= 4 is 17.7 Å². The molecule has 0 aromatic rings. The van der Waals surface area contributed by atoms with Gasteiger partial charge in [-0.05, 0) is 12.8 Å². The number of β-lactam (4-membered cyclic amide) rings is 1. The van der Waals surface area contributed by atoms with E-state index in [0.29, 0.717) is 13.1 Å². The minimum Gasteiger partial charge on any atom is -0.368 e. The van der Waals surface area contributed by atoms with E-state index in [9.17, 15) is 14.4 Å². The highest BCUT2D eigenvalue weighted by atomic mass is 16.2. The fourth-order valence-electron chi connectivity index (χ4n) is 3.05. The van der Waals surface area contributed by atoms with Crippen LogP contribution in [-0.4, -0.2) is 53.7 Å². The average molecular weight is 267 g/mol. The summed E-state index contributed by atoms with van der Waals surface area (Å²) < 4.78 is 0. The van der Waals surface area contributed by atoms with Crippen molar-refractivity contribution in [3.8, 4) is 0 Å². The molecule has 0 saturated carbocycles. The molecule has 0 bridgehead atoms. The van der Waals surface area contributed by atoms with Gasteiger partial charge >= 0.3 is 0 Å². The van der Waals surface area contributed by atoms with Crippen molar-refractivity contribution in [2.45, 2.75) is 26.7 Å². The lowest BCUT2D eigenvalue weighted by Crippen LogP contribution is -2.68. The Labute approximate surface area is 112 Å². The van der Waals surface area contributed by atoms with Crippen LogP contribution in [0.15, 0.2) is 0 Å². The number of amides is 3. The molecule has 2 aliphatic rings. The number of nitrogens with zero attached hydrogens (tertiary/aromatic N) is 2.